The van der Waals surface area contributed by atoms with Gasteiger partial charge in [-0.15, -0.1) is 0 Å². The first-order chi connectivity index (χ1) is 12.1. The van der Waals surface area contributed by atoms with Crippen molar-refractivity contribution >= 4 is 11.9 Å². The third kappa shape index (κ3) is 4.50. The highest BCUT2D eigenvalue weighted by Gasteiger charge is 2.35. The van der Waals surface area contributed by atoms with Crippen LogP contribution in [0.1, 0.15) is 54.4 Å². The number of aromatic nitrogens is 1. The lowest BCUT2D eigenvalue weighted by atomic mass is 9.79. The van der Waals surface area contributed by atoms with Gasteiger partial charge in [0.1, 0.15) is 0 Å². The van der Waals surface area contributed by atoms with E-state index in [1.165, 1.54) is 0 Å². The fourth-order valence-corrected chi connectivity index (χ4v) is 3.62. The first-order valence-corrected chi connectivity index (χ1v) is 8.80. The third-order valence-electron chi connectivity index (χ3n) is 4.93. The van der Waals surface area contributed by atoms with E-state index in [4.69, 9.17) is 0 Å². The smallest absolute Gasteiger partial charge is 0.305 e. The van der Waals surface area contributed by atoms with Crippen LogP contribution in [0.2, 0.25) is 0 Å². The molecule has 5 heteroatoms. The van der Waals surface area contributed by atoms with Gasteiger partial charge in [0.05, 0.1) is 12.0 Å². The molecule has 2 aromatic rings. The highest BCUT2D eigenvalue weighted by Crippen LogP contribution is 2.31. The molecule has 1 aromatic heterocycles. The van der Waals surface area contributed by atoms with Crippen LogP contribution >= 0.6 is 0 Å². The second kappa shape index (κ2) is 7.55. The number of aliphatic carboxylic acids is 1. The lowest BCUT2D eigenvalue weighted by Crippen LogP contribution is -2.51. The molecule has 0 aliphatic heterocycles. The van der Waals surface area contributed by atoms with Crippen molar-refractivity contribution in [3.63, 3.8) is 0 Å². The fraction of sp³-hybridized carbons (Fsp3) is 0.400. The van der Waals surface area contributed by atoms with Crippen LogP contribution in [0.15, 0.2) is 48.8 Å². The molecule has 5 nitrogen and oxygen atoms in total. The molecule has 1 aromatic carbocycles. The molecule has 0 unspecified atom stereocenters. The van der Waals surface area contributed by atoms with Gasteiger partial charge in [-0.3, -0.25) is 9.59 Å². The van der Waals surface area contributed by atoms with E-state index in [2.05, 4.69) is 9.88 Å². The second-order valence-corrected chi connectivity index (χ2v) is 6.92. The summed E-state index contributed by atoms with van der Waals surface area (Å²) < 4.78 is 2.07. The topological polar surface area (TPSA) is 71.3 Å². The van der Waals surface area contributed by atoms with Crippen molar-refractivity contribution in [2.45, 2.75) is 50.6 Å². The Kier molecular flexibility index (Phi) is 5.22. The predicted molar refractivity (Wildman–Crippen MR) is 95.5 cm³/mol. The Bertz CT molecular complexity index is 714. The Hall–Kier alpha value is -2.56. The number of rotatable bonds is 6. The highest BCUT2D eigenvalue weighted by molar-refractivity contribution is 5.95. The van der Waals surface area contributed by atoms with E-state index < -0.39 is 11.5 Å². The number of carbonyl (C=O) groups excluding carboxylic acids is 1. The molecule has 0 saturated heterocycles. The lowest BCUT2D eigenvalue weighted by molar-refractivity contribution is -0.139. The molecule has 0 bridgehead atoms. The van der Waals surface area contributed by atoms with Gasteiger partial charge in [0.15, 0.2) is 0 Å². The van der Waals surface area contributed by atoms with Gasteiger partial charge in [0, 0.05) is 24.5 Å². The predicted octanol–water partition coefficient (Wildman–Crippen LogP) is 3.44. The molecule has 1 fully saturated rings. The van der Waals surface area contributed by atoms with Crippen molar-refractivity contribution < 1.29 is 14.7 Å². The van der Waals surface area contributed by atoms with Gasteiger partial charge in [0.25, 0.3) is 5.91 Å². The zero-order valence-corrected chi connectivity index (χ0v) is 14.3. The average Bonchev–Trinajstić information content (AvgIpc) is 3.08. The Morgan fingerprint density at radius 2 is 1.68 bits per heavy atom. The second-order valence-electron chi connectivity index (χ2n) is 6.92. The molecule has 0 radical (unpaired) electrons. The van der Waals surface area contributed by atoms with Gasteiger partial charge in [-0.2, -0.15) is 0 Å². The van der Waals surface area contributed by atoms with Gasteiger partial charge in [-0.1, -0.05) is 31.4 Å². The number of nitrogens with zero attached hydrogens (tertiary/aromatic N) is 1. The Balaban J connectivity index is 1.68. The number of nitrogens with one attached hydrogen (secondary N) is 1. The molecule has 25 heavy (non-hydrogen) atoms. The number of carboxylic acid groups (broad SMARTS) is 1. The van der Waals surface area contributed by atoms with E-state index >= 15 is 0 Å². The summed E-state index contributed by atoms with van der Waals surface area (Å²) in [6.07, 6.45) is 8.48. The summed E-state index contributed by atoms with van der Waals surface area (Å²) in [5, 5.41) is 12.2. The zero-order chi connectivity index (χ0) is 17.7. The van der Waals surface area contributed by atoms with Crippen LogP contribution < -0.4 is 5.32 Å². The van der Waals surface area contributed by atoms with Crippen LogP contribution in [0.5, 0.6) is 0 Å². The van der Waals surface area contributed by atoms with E-state index in [0.717, 1.165) is 44.2 Å². The molecular formula is C20H24N2O3. The number of carboxylic acids is 1. The Morgan fingerprint density at radius 1 is 1.04 bits per heavy atom. The Morgan fingerprint density at radius 3 is 2.28 bits per heavy atom. The van der Waals surface area contributed by atoms with Crippen molar-refractivity contribution in [3.8, 4) is 0 Å². The molecule has 0 spiro atoms. The van der Waals surface area contributed by atoms with Crippen LogP contribution in [0, 0.1) is 0 Å². The van der Waals surface area contributed by atoms with Gasteiger partial charge >= 0.3 is 5.97 Å². The van der Waals surface area contributed by atoms with E-state index in [1.807, 2.05) is 48.8 Å². The number of hydrogen-bond donors (Lipinski definition) is 2. The van der Waals surface area contributed by atoms with Crippen LogP contribution in [0.4, 0.5) is 0 Å². The molecule has 0 atom stereocenters. The van der Waals surface area contributed by atoms with Gasteiger partial charge in [0.2, 0.25) is 0 Å². The summed E-state index contributed by atoms with van der Waals surface area (Å²) in [7, 11) is 0. The maximum absolute atomic E-state index is 12.6. The van der Waals surface area contributed by atoms with Crippen molar-refractivity contribution in [1.82, 2.24) is 9.88 Å². The molecule has 1 heterocycles. The molecular weight excluding hydrogens is 316 g/mol. The standard InChI is InChI=1S/C20H24N2O3/c23-18(24)14-20(10-2-1-3-11-20)21-19(25)17-8-6-16(7-9-17)15-22-12-4-5-13-22/h4-9,12-13H,1-3,10-11,14-15H2,(H,21,25)(H,23,24). The summed E-state index contributed by atoms with van der Waals surface area (Å²) in [6.45, 7) is 0.762. The lowest BCUT2D eigenvalue weighted by Gasteiger charge is -2.37. The van der Waals surface area contributed by atoms with Gasteiger partial charge in [-0.25, -0.2) is 0 Å². The van der Waals surface area contributed by atoms with E-state index in [0.29, 0.717) is 5.56 Å². The van der Waals surface area contributed by atoms with Gasteiger partial charge in [-0.05, 0) is 42.7 Å². The first-order valence-electron chi connectivity index (χ1n) is 8.80. The number of benzene rings is 1. The average molecular weight is 340 g/mol. The SMILES string of the molecule is O=C(O)CC1(NC(=O)c2ccc(Cn3cccc3)cc2)CCCCC1. The molecule has 3 rings (SSSR count). The molecule has 1 saturated carbocycles. The third-order valence-corrected chi connectivity index (χ3v) is 4.93. The maximum Gasteiger partial charge on any atom is 0.305 e. The molecule has 132 valence electrons. The minimum Gasteiger partial charge on any atom is -0.481 e. The summed E-state index contributed by atoms with van der Waals surface area (Å²) in [6, 6.07) is 11.5. The fourth-order valence-electron chi connectivity index (χ4n) is 3.62. The van der Waals surface area contributed by atoms with Crippen LogP contribution in [-0.4, -0.2) is 27.1 Å². The van der Waals surface area contributed by atoms with E-state index in [-0.39, 0.29) is 12.3 Å². The molecule has 2 N–H and O–H groups in total. The summed E-state index contributed by atoms with van der Waals surface area (Å²) >= 11 is 0. The normalized spacial score (nSPS) is 16.3. The zero-order valence-electron chi connectivity index (χ0n) is 14.3. The van der Waals surface area contributed by atoms with Crippen molar-refractivity contribution in [2.24, 2.45) is 0 Å². The Labute approximate surface area is 147 Å². The quantitative estimate of drug-likeness (QED) is 0.846. The van der Waals surface area contributed by atoms with Crippen LogP contribution in [-0.2, 0) is 11.3 Å². The molecule has 1 aliphatic carbocycles. The number of amides is 1. The van der Waals surface area contributed by atoms with Gasteiger partial charge < -0.3 is 15.0 Å². The van der Waals surface area contributed by atoms with E-state index in [9.17, 15) is 14.7 Å². The van der Waals surface area contributed by atoms with Crippen LogP contribution in [0.25, 0.3) is 0 Å². The number of carbonyl (C=O) groups is 2. The number of hydrogen-bond acceptors (Lipinski definition) is 2. The molecule has 1 aliphatic rings. The minimum absolute atomic E-state index is 0.00947. The van der Waals surface area contributed by atoms with Crippen molar-refractivity contribution in [2.75, 3.05) is 0 Å². The van der Waals surface area contributed by atoms with Crippen LogP contribution in [0.3, 0.4) is 0 Å². The summed E-state index contributed by atoms with van der Waals surface area (Å²) in [4.78, 5) is 23.9. The van der Waals surface area contributed by atoms with Crippen molar-refractivity contribution in [3.05, 3.63) is 59.9 Å². The van der Waals surface area contributed by atoms with E-state index in [1.54, 1.807) is 0 Å². The first kappa shape index (κ1) is 17.3. The monoisotopic (exact) mass is 340 g/mol. The molecule has 1 amide bonds. The maximum atomic E-state index is 12.6. The summed E-state index contributed by atoms with van der Waals surface area (Å²) in [5.74, 6) is -1.04. The van der Waals surface area contributed by atoms with Crippen molar-refractivity contribution in [1.29, 1.82) is 0 Å². The summed E-state index contributed by atoms with van der Waals surface area (Å²) in [5.41, 5.74) is 1.09. The largest absolute Gasteiger partial charge is 0.481 e. The minimum atomic E-state index is -0.857. The highest BCUT2D eigenvalue weighted by atomic mass is 16.4.